The Morgan fingerprint density at radius 3 is 2.50 bits per heavy atom. The number of phenolic OH excluding ortho intramolecular Hbond substituents is 1. The summed E-state index contributed by atoms with van der Waals surface area (Å²) in [6.45, 7) is 5.89. The number of anilines is 1. The number of aryl methyl sites for hydroxylation is 1. The number of carbonyl (C=O) groups excluding carboxylic acids is 1. The van der Waals surface area contributed by atoms with Crippen LogP contribution < -0.4 is 5.32 Å². The average molecular weight is 221 g/mol. The van der Waals surface area contributed by atoms with E-state index in [0.29, 0.717) is 0 Å². The van der Waals surface area contributed by atoms with E-state index >= 15 is 0 Å². The van der Waals surface area contributed by atoms with E-state index < -0.39 is 0 Å². The van der Waals surface area contributed by atoms with Crippen molar-refractivity contribution in [2.75, 3.05) is 5.32 Å². The van der Waals surface area contributed by atoms with Gasteiger partial charge in [-0.3, -0.25) is 4.79 Å². The van der Waals surface area contributed by atoms with Crippen molar-refractivity contribution in [3.05, 3.63) is 23.8 Å². The summed E-state index contributed by atoms with van der Waals surface area (Å²) in [6.07, 6.45) is 1.69. The molecule has 0 heterocycles. The lowest BCUT2D eigenvalue weighted by Gasteiger charge is -2.14. The van der Waals surface area contributed by atoms with Crippen molar-refractivity contribution in [3.63, 3.8) is 0 Å². The van der Waals surface area contributed by atoms with Gasteiger partial charge < -0.3 is 10.4 Å². The number of phenols is 1. The second-order valence-corrected chi connectivity index (χ2v) is 4.00. The van der Waals surface area contributed by atoms with Gasteiger partial charge in [0.15, 0.2) is 0 Å². The molecule has 1 amide bonds. The molecule has 0 atom stereocenters. The predicted octanol–water partition coefficient (Wildman–Crippen LogP) is 3.08. The summed E-state index contributed by atoms with van der Waals surface area (Å²) in [5.74, 6) is 0.338. The highest BCUT2D eigenvalue weighted by atomic mass is 16.3. The van der Waals surface area contributed by atoms with E-state index in [-0.39, 0.29) is 17.6 Å². The zero-order valence-corrected chi connectivity index (χ0v) is 10.1. The molecule has 0 aliphatic heterocycles. The largest absolute Gasteiger partial charge is 0.508 e. The molecule has 0 saturated heterocycles. The van der Waals surface area contributed by atoms with Gasteiger partial charge in [-0.25, -0.2) is 0 Å². The molecule has 16 heavy (non-hydrogen) atoms. The van der Waals surface area contributed by atoms with Gasteiger partial charge in [-0.05, 0) is 43.5 Å². The molecule has 0 aliphatic rings. The van der Waals surface area contributed by atoms with E-state index in [1.165, 1.54) is 0 Å². The van der Waals surface area contributed by atoms with Crippen LogP contribution in [-0.2, 0) is 4.79 Å². The number of aromatic hydroxyl groups is 1. The second-order valence-electron chi connectivity index (χ2n) is 4.00. The van der Waals surface area contributed by atoms with Crippen LogP contribution in [0.25, 0.3) is 0 Å². The summed E-state index contributed by atoms with van der Waals surface area (Å²) in [5.41, 5.74) is 1.65. The fourth-order valence-electron chi connectivity index (χ4n) is 1.68. The third-order valence-corrected chi connectivity index (χ3v) is 2.82. The van der Waals surface area contributed by atoms with Gasteiger partial charge in [-0.1, -0.05) is 13.8 Å². The number of nitrogens with one attached hydrogen (secondary N) is 1. The van der Waals surface area contributed by atoms with Gasteiger partial charge in [0.1, 0.15) is 5.75 Å². The second kappa shape index (κ2) is 5.54. The molecule has 0 spiro atoms. The molecule has 2 N–H and O–H groups in total. The average Bonchev–Trinajstić information content (AvgIpc) is 2.24. The quantitative estimate of drug-likeness (QED) is 0.768. The highest BCUT2D eigenvalue weighted by Crippen LogP contribution is 2.21. The van der Waals surface area contributed by atoms with E-state index in [9.17, 15) is 9.90 Å². The van der Waals surface area contributed by atoms with Crippen LogP contribution in [0.15, 0.2) is 18.2 Å². The highest BCUT2D eigenvalue weighted by Gasteiger charge is 2.14. The van der Waals surface area contributed by atoms with Crippen LogP contribution in [0.2, 0.25) is 0 Å². The molecular formula is C13H19NO2. The Morgan fingerprint density at radius 2 is 2.00 bits per heavy atom. The van der Waals surface area contributed by atoms with E-state index in [4.69, 9.17) is 0 Å². The number of rotatable bonds is 4. The lowest BCUT2D eigenvalue weighted by Crippen LogP contribution is -2.22. The first-order valence-corrected chi connectivity index (χ1v) is 5.69. The van der Waals surface area contributed by atoms with Crippen molar-refractivity contribution in [2.24, 2.45) is 5.92 Å². The van der Waals surface area contributed by atoms with Crippen LogP contribution in [0.1, 0.15) is 32.3 Å². The number of benzene rings is 1. The predicted molar refractivity (Wildman–Crippen MR) is 65.5 cm³/mol. The minimum absolute atomic E-state index is 0.0544. The number of hydrogen-bond acceptors (Lipinski definition) is 2. The molecular weight excluding hydrogens is 202 g/mol. The topological polar surface area (TPSA) is 49.3 Å². The van der Waals surface area contributed by atoms with Crippen molar-refractivity contribution in [2.45, 2.75) is 33.6 Å². The minimum Gasteiger partial charge on any atom is -0.508 e. The van der Waals surface area contributed by atoms with E-state index in [1.807, 2.05) is 20.8 Å². The summed E-state index contributed by atoms with van der Waals surface area (Å²) in [7, 11) is 0. The minimum atomic E-state index is 0.0544. The summed E-state index contributed by atoms with van der Waals surface area (Å²) >= 11 is 0. The zero-order chi connectivity index (χ0) is 12.1. The lowest BCUT2D eigenvalue weighted by molar-refractivity contribution is -0.120. The van der Waals surface area contributed by atoms with Crippen molar-refractivity contribution in [1.29, 1.82) is 0 Å². The molecule has 0 aromatic heterocycles. The molecule has 0 fully saturated rings. The van der Waals surface area contributed by atoms with Gasteiger partial charge in [-0.15, -0.1) is 0 Å². The molecule has 3 heteroatoms. The standard InChI is InChI=1S/C13H19NO2/c1-4-10(5-2)13(16)14-12-7-6-11(15)8-9(12)3/h6-8,10,15H,4-5H2,1-3H3,(H,14,16). The maximum atomic E-state index is 11.8. The van der Waals surface area contributed by atoms with Crippen molar-refractivity contribution < 1.29 is 9.90 Å². The molecule has 0 bridgehead atoms. The Kier molecular flexibility index (Phi) is 4.35. The van der Waals surface area contributed by atoms with Gasteiger partial charge in [0, 0.05) is 11.6 Å². The van der Waals surface area contributed by atoms with E-state index in [0.717, 1.165) is 24.1 Å². The molecule has 1 rings (SSSR count). The SMILES string of the molecule is CCC(CC)C(=O)Nc1ccc(O)cc1C. The third-order valence-electron chi connectivity index (χ3n) is 2.82. The maximum absolute atomic E-state index is 11.8. The number of amides is 1. The van der Waals surface area contributed by atoms with Crippen LogP contribution in [-0.4, -0.2) is 11.0 Å². The van der Waals surface area contributed by atoms with Gasteiger partial charge in [-0.2, -0.15) is 0 Å². The summed E-state index contributed by atoms with van der Waals surface area (Å²) in [4.78, 5) is 11.8. The molecule has 88 valence electrons. The molecule has 0 aliphatic carbocycles. The van der Waals surface area contributed by atoms with E-state index in [2.05, 4.69) is 5.32 Å². The fourth-order valence-corrected chi connectivity index (χ4v) is 1.68. The molecule has 0 unspecified atom stereocenters. The first-order valence-electron chi connectivity index (χ1n) is 5.69. The van der Waals surface area contributed by atoms with Crippen LogP contribution in [0, 0.1) is 12.8 Å². The normalized spacial score (nSPS) is 10.5. The monoisotopic (exact) mass is 221 g/mol. The lowest BCUT2D eigenvalue weighted by atomic mass is 10.0. The Morgan fingerprint density at radius 1 is 1.38 bits per heavy atom. The van der Waals surface area contributed by atoms with Crippen molar-refractivity contribution >= 4 is 11.6 Å². The Labute approximate surface area is 96.5 Å². The molecule has 1 aromatic rings. The van der Waals surface area contributed by atoms with Crippen LogP contribution >= 0.6 is 0 Å². The number of hydrogen-bond donors (Lipinski definition) is 2. The van der Waals surface area contributed by atoms with Crippen LogP contribution in [0.3, 0.4) is 0 Å². The molecule has 1 aromatic carbocycles. The van der Waals surface area contributed by atoms with Crippen molar-refractivity contribution in [1.82, 2.24) is 0 Å². The summed E-state index contributed by atoms with van der Waals surface area (Å²) in [6, 6.07) is 4.95. The Hall–Kier alpha value is -1.51. The van der Waals surface area contributed by atoms with Gasteiger partial charge >= 0.3 is 0 Å². The summed E-state index contributed by atoms with van der Waals surface area (Å²) in [5, 5.41) is 12.1. The van der Waals surface area contributed by atoms with Crippen LogP contribution in [0.4, 0.5) is 5.69 Å². The van der Waals surface area contributed by atoms with Gasteiger partial charge in [0.05, 0.1) is 0 Å². The molecule has 0 radical (unpaired) electrons. The van der Waals surface area contributed by atoms with Crippen LogP contribution in [0.5, 0.6) is 5.75 Å². The Balaban J connectivity index is 2.76. The molecule has 0 saturated carbocycles. The fraction of sp³-hybridized carbons (Fsp3) is 0.462. The first kappa shape index (κ1) is 12.6. The van der Waals surface area contributed by atoms with Gasteiger partial charge in [0.25, 0.3) is 0 Å². The van der Waals surface area contributed by atoms with Crippen molar-refractivity contribution in [3.8, 4) is 5.75 Å². The zero-order valence-electron chi connectivity index (χ0n) is 10.1. The number of carbonyl (C=O) groups is 1. The highest BCUT2D eigenvalue weighted by molar-refractivity contribution is 5.93. The first-order chi connectivity index (χ1) is 7.58. The summed E-state index contributed by atoms with van der Waals surface area (Å²) < 4.78 is 0. The Bertz CT molecular complexity index is 370. The maximum Gasteiger partial charge on any atom is 0.227 e. The van der Waals surface area contributed by atoms with Gasteiger partial charge in [0.2, 0.25) is 5.91 Å². The molecule has 3 nitrogen and oxygen atoms in total. The smallest absolute Gasteiger partial charge is 0.227 e. The van der Waals surface area contributed by atoms with E-state index in [1.54, 1.807) is 18.2 Å². The third kappa shape index (κ3) is 2.99.